The van der Waals surface area contributed by atoms with E-state index in [0.717, 1.165) is 12.3 Å². The molecule has 1 amide bonds. The van der Waals surface area contributed by atoms with E-state index >= 15 is 0 Å². The molecule has 0 radical (unpaired) electrons. The molecular formula is C33H67N3O. The molecule has 0 aliphatic heterocycles. The zero-order valence-corrected chi connectivity index (χ0v) is 27.4. The molecule has 0 aromatic heterocycles. The van der Waals surface area contributed by atoms with E-state index in [-0.39, 0.29) is 5.91 Å². The summed E-state index contributed by atoms with van der Waals surface area (Å²) in [5, 5.41) is 2.44. The predicted molar refractivity (Wildman–Crippen MR) is 174 cm³/mol. The Kier molecular flexibility index (Phi) is 50.1. The van der Waals surface area contributed by atoms with Crippen molar-refractivity contribution in [1.29, 1.82) is 0 Å². The van der Waals surface area contributed by atoms with Crippen LogP contribution in [-0.2, 0) is 4.79 Å². The monoisotopic (exact) mass is 522 g/mol. The van der Waals surface area contributed by atoms with Gasteiger partial charge in [0.1, 0.15) is 0 Å². The van der Waals surface area contributed by atoms with E-state index < -0.39 is 0 Å². The number of nitrogens with zero attached hydrogens (tertiary/aromatic N) is 2. The molecule has 4 heteroatoms. The number of nitrogens with one attached hydrogen (secondary N) is 1. The summed E-state index contributed by atoms with van der Waals surface area (Å²) in [5.41, 5.74) is 1.22. The van der Waals surface area contributed by atoms with Crippen LogP contribution in [0.2, 0.25) is 0 Å². The van der Waals surface area contributed by atoms with Gasteiger partial charge in [-0.2, -0.15) is 0 Å². The minimum Gasteiger partial charge on any atom is -0.356 e. The van der Waals surface area contributed by atoms with Crippen LogP contribution in [-0.4, -0.2) is 50.2 Å². The van der Waals surface area contributed by atoms with Gasteiger partial charge in [-0.25, -0.2) is 0 Å². The van der Waals surface area contributed by atoms with Gasteiger partial charge in [0.25, 0.3) is 0 Å². The van der Waals surface area contributed by atoms with Crippen LogP contribution < -0.4 is 5.32 Å². The molecule has 0 aliphatic rings. The van der Waals surface area contributed by atoms with Gasteiger partial charge in [0, 0.05) is 19.8 Å². The molecule has 0 heterocycles. The van der Waals surface area contributed by atoms with Crippen LogP contribution in [0.5, 0.6) is 0 Å². The molecule has 0 rings (SSSR count). The summed E-state index contributed by atoms with van der Waals surface area (Å²) in [6.07, 6.45) is 19.9. The summed E-state index contributed by atoms with van der Waals surface area (Å²) < 4.78 is 0. The molecule has 1 N–H and O–H groups in total. The Morgan fingerprint density at radius 1 is 0.973 bits per heavy atom. The summed E-state index contributed by atoms with van der Waals surface area (Å²) in [6, 6.07) is 0. The van der Waals surface area contributed by atoms with Gasteiger partial charge in [-0.3, -0.25) is 9.79 Å². The highest BCUT2D eigenvalue weighted by molar-refractivity contribution is 5.87. The summed E-state index contributed by atoms with van der Waals surface area (Å²) in [5.74, 6) is 1.48. The van der Waals surface area contributed by atoms with Crippen LogP contribution in [0.25, 0.3) is 0 Å². The van der Waals surface area contributed by atoms with Crippen molar-refractivity contribution < 1.29 is 4.79 Å². The summed E-state index contributed by atoms with van der Waals surface area (Å²) >= 11 is 0. The Balaban J connectivity index is -0.000000164. The Labute approximate surface area is 234 Å². The maximum atomic E-state index is 10.2. The number of carbonyl (C=O) groups excluding carboxylic acids is 1. The lowest BCUT2D eigenvalue weighted by Crippen LogP contribution is -2.25. The van der Waals surface area contributed by atoms with Gasteiger partial charge in [0.2, 0.25) is 5.91 Å². The molecule has 0 bridgehead atoms. The first-order chi connectivity index (χ1) is 17.7. The first kappa shape index (κ1) is 45.0. The van der Waals surface area contributed by atoms with E-state index in [4.69, 9.17) is 0 Å². The fourth-order valence-corrected chi connectivity index (χ4v) is 2.76. The average molecular weight is 522 g/mol. The third-order valence-electron chi connectivity index (χ3n) is 5.44. The molecule has 0 aromatic carbocycles. The van der Waals surface area contributed by atoms with E-state index in [1.807, 2.05) is 53.8 Å². The molecule has 2 unspecified atom stereocenters. The Morgan fingerprint density at radius 3 is 1.89 bits per heavy atom. The normalized spacial score (nSPS) is 12.3. The van der Waals surface area contributed by atoms with Gasteiger partial charge in [-0.1, -0.05) is 118 Å². The molecule has 220 valence electrons. The number of hydrogen-bond donors (Lipinski definition) is 1. The Hall–Kier alpha value is -1.94. The third-order valence-corrected chi connectivity index (χ3v) is 5.44. The Bertz CT molecular complexity index is 558. The van der Waals surface area contributed by atoms with Crippen molar-refractivity contribution in [1.82, 2.24) is 10.2 Å². The van der Waals surface area contributed by atoms with Crippen LogP contribution >= 0.6 is 0 Å². The molecule has 0 fully saturated rings. The molecule has 0 aliphatic carbocycles. The number of allylic oxidation sites excluding steroid dienone is 6. The SMILES string of the molecule is C/C=C/C(=O)NC.C=C/C=C\C=C/C(C)CCCC(C)CCN(CC)CC.CC.CC.CCC(C)=NC. The van der Waals surface area contributed by atoms with Gasteiger partial charge < -0.3 is 10.2 Å². The maximum absolute atomic E-state index is 10.2. The second-order valence-electron chi connectivity index (χ2n) is 8.26. The lowest BCUT2D eigenvalue weighted by Gasteiger charge is -2.20. The van der Waals surface area contributed by atoms with E-state index in [9.17, 15) is 4.79 Å². The lowest BCUT2D eigenvalue weighted by atomic mass is 9.96. The molecule has 0 spiro atoms. The molecule has 0 saturated carbocycles. The molecule has 4 nitrogen and oxygen atoms in total. The van der Waals surface area contributed by atoms with E-state index in [1.54, 1.807) is 20.0 Å². The number of rotatable bonds is 14. The van der Waals surface area contributed by atoms with Gasteiger partial charge >= 0.3 is 0 Å². The molecule has 2 atom stereocenters. The minimum absolute atomic E-state index is 0.0532. The number of carbonyl (C=O) groups is 1. The topological polar surface area (TPSA) is 44.7 Å². The van der Waals surface area contributed by atoms with E-state index in [0.29, 0.717) is 5.92 Å². The predicted octanol–water partition coefficient (Wildman–Crippen LogP) is 9.31. The van der Waals surface area contributed by atoms with Crippen molar-refractivity contribution in [3.8, 4) is 0 Å². The quantitative estimate of drug-likeness (QED) is 0.141. The highest BCUT2D eigenvalue weighted by Crippen LogP contribution is 2.16. The summed E-state index contributed by atoms with van der Waals surface area (Å²) in [7, 11) is 3.42. The van der Waals surface area contributed by atoms with Crippen LogP contribution in [0, 0.1) is 11.8 Å². The average Bonchev–Trinajstić information content (AvgIpc) is 2.94. The van der Waals surface area contributed by atoms with Crippen molar-refractivity contribution in [3.63, 3.8) is 0 Å². The highest BCUT2D eigenvalue weighted by Gasteiger charge is 2.06. The van der Waals surface area contributed by atoms with Gasteiger partial charge in [-0.15, -0.1) is 0 Å². The minimum atomic E-state index is -0.0532. The highest BCUT2D eigenvalue weighted by atomic mass is 16.1. The van der Waals surface area contributed by atoms with E-state index in [1.165, 1.54) is 57.1 Å². The maximum Gasteiger partial charge on any atom is 0.243 e. The van der Waals surface area contributed by atoms with Crippen LogP contribution in [0.15, 0.2) is 54.1 Å². The number of aliphatic imine (C=N–C) groups is 1. The lowest BCUT2D eigenvalue weighted by molar-refractivity contribution is -0.116. The third kappa shape index (κ3) is 44.5. The van der Waals surface area contributed by atoms with Crippen molar-refractivity contribution in [2.24, 2.45) is 16.8 Å². The van der Waals surface area contributed by atoms with Gasteiger partial charge in [0.15, 0.2) is 0 Å². The number of amides is 1. The van der Waals surface area contributed by atoms with Gasteiger partial charge in [-0.05, 0) is 70.7 Å². The summed E-state index contributed by atoms with van der Waals surface area (Å²) in [4.78, 5) is 16.7. The van der Waals surface area contributed by atoms with Crippen molar-refractivity contribution in [2.75, 3.05) is 33.7 Å². The second-order valence-corrected chi connectivity index (χ2v) is 8.26. The number of hydrogen-bond acceptors (Lipinski definition) is 3. The fourth-order valence-electron chi connectivity index (χ4n) is 2.76. The van der Waals surface area contributed by atoms with Crippen molar-refractivity contribution in [3.05, 3.63) is 49.1 Å². The van der Waals surface area contributed by atoms with Crippen LogP contribution in [0.4, 0.5) is 0 Å². The van der Waals surface area contributed by atoms with Crippen molar-refractivity contribution >= 4 is 11.6 Å². The van der Waals surface area contributed by atoms with Crippen LogP contribution in [0.3, 0.4) is 0 Å². The zero-order chi connectivity index (χ0) is 29.9. The molecule has 0 saturated heterocycles. The molecule has 0 aromatic rings. The van der Waals surface area contributed by atoms with E-state index in [2.05, 4.69) is 74.6 Å². The first-order valence-corrected chi connectivity index (χ1v) is 14.7. The fraction of sp³-hybridized carbons (Fsp3) is 0.697. The first-order valence-electron chi connectivity index (χ1n) is 14.7. The Morgan fingerprint density at radius 2 is 1.54 bits per heavy atom. The molecular weight excluding hydrogens is 454 g/mol. The second kappa shape index (κ2) is 41.2. The van der Waals surface area contributed by atoms with Crippen molar-refractivity contribution in [2.45, 2.75) is 108 Å². The summed E-state index contributed by atoms with van der Waals surface area (Å²) in [6.45, 7) is 30.4. The molecule has 37 heavy (non-hydrogen) atoms. The van der Waals surface area contributed by atoms with Crippen LogP contribution in [0.1, 0.15) is 108 Å². The smallest absolute Gasteiger partial charge is 0.243 e. The standard InChI is InChI=1S/C19H35N.C5H9NO.C5H11N.2C2H6/c1-6-9-10-11-13-18(4)14-12-15-19(5)16-17-20(7-2)8-3;1-3-4-5(7)6-2;1-4-5(2)6-3;2*1-2/h6,9-11,13,18-19H,1,7-8,12,14-17H2,2-5H3;3-4H,1-2H3,(H,6,7);4H2,1-3H3;2*1-2H3/b10-9-,13-11-;4-3+;;;. The largest absolute Gasteiger partial charge is 0.356 e. The number of likely N-dealkylation sites (N-methyl/N-ethyl adjacent to an activating group) is 1. The van der Waals surface area contributed by atoms with Gasteiger partial charge in [0.05, 0.1) is 0 Å². The zero-order valence-electron chi connectivity index (χ0n) is 27.4.